The first kappa shape index (κ1) is 33.5. The zero-order valence-electron chi connectivity index (χ0n) is 33.4. The van der Waals surface area contributed by atoms with E-state index in [2.05, 4.69) is 196 Å². The third-order valence-corrected chi connectivity index (χ3v) is 13.6. The minimum atomic E-state index is -0.137. The van der Waals surface area contributed by atoms with Crippen molar-refractivity contribution < 1.29 is 4.42 Å². The van der Waals surface area contributed by atoms with Gasteiger partial charge in [0.15, 0.2) is 0 Å². The van der Waals surface area contributed by atoms with Crippen LogP contribution in [0.3, 0.4) is 0 Å². The van der Waals surface area contributed by atoms with Crippen LogP contribution in [0.1, 0.15) is 25.0 Å². The van der Waals surface area contributed by atoms with E-state index in [-0.39, 0.29) is 5.41 Å². The van der Waals surface area contributed by atoms with Crippen LogP contribution < -0.4 is 0 Å². The van der Waals surface area contributed by atoms with Crippen LogP contribution in [-0.2, 0) is 5.41 Å². The predicted octanol–water partition coefficient (Wildman–Crippen LogP) is 16.7. The molecule has 11 aromatic carbocycles. The summed E-state index contributed by atoms with van der Waals surface area (Å²) in [6, 6.07) is 71.8. The fourth-order valence-corrected chi connectivity index (χ4v) is 10.9. The van der Waals surface area contributed by atoms with Gasteiger partial charge in [0.1, 0.15) is 11.2 Å². The Bertz CT molecular complexity index is 3730. The van der Waals surface area contributed by atoms with Crippen LogP contribution >= 0.6 is 0 Å². The van der Waals surface area contributed by atoms with Crippen molar-refractivity contribution >= 4 is 75.8 Å². The van der Waals surface area contributed by atoms with Crippen molar-refractivity contribution in [2.75, 3.05) is 0 Å². The maximum absolute atomic E-state index is 6.23. The zero-order chi connectivity index (χ0) is 39.7. The van der Waals surface area contributed by atoms with Crippen LogP contribution in [0.4, 0.5) is 0 Å². The number of rotatable bonds is 3. The molecule has 1 heteroatoms. The Balaban J connectivity index is 0.968. The maximum atomic E-state index is 6.23. The van der Waals surface area contributed by atoms with Crippen LogP contribution in [0.5, 0.6) is 0 Å². The van der Waals surface area contributed by atoms with Gasteiger partial charge in [-0.1, -0.05) is 184 Å². The summed E-state index contributed by atoms with van der Waals surface area (Å²) in [5, 5.41) is 15.2. The smallest absolute Gasteiger partial charge is 0.135 e. The minimum absolute atomic E-state index is 0.137. The molecule has 0 saturated heterocycles. The van der Waals surface area contributed by atoms with E-state index < -0.39 is 0 Å². The van der Waals surface area contributed by atoms with E-state index in [1.807, 2.05) is 12.1 Å². The summed E-state index contributed by atoms with van der Waals surface area (Å²) in [5.41, 5.74) is 14.7. The number of fused-ring (bicyclic) bond motifs is 15. The molecule has 0 unspecified atom stereocenters. The lowest BCUT2D eigenvalue weighted by molar-refractivity contribution is 0.667. The zero-order valence-corrected chi connectivity index (χ0v) is 33.4. The molecule has 0 amide bonds. The number of hydrogen-bond acceptors (Lipinski definition) is 1. The second kappa shape index (κ2) is 12.3. The Kier molecular flexibility index (Phi) is 6.85. The minimum Gasteiger partial charge on any atom is -0.456 e. The predicted molar refractivity (Wildman–Crippen MR) is 255 cm³/mol. The first-order valence-electron chi connectivity index (χ1n) is 21.0. The van der Waals surface area contributed by atoms with E-state index in [4.69, 9.17) is 4.42 Å². The first-order valence-corrected chi connectivity index (χ1v) is 21.0. The summed E-state index contributed by atoms with van der Waals surface area (Å²) in [5.74, 6) is 0. The van der Waals surface area contributed by atoms with E-state index in [1.165, 1.54) is 109 Å². The molecule has 0 aliphatic heterocycles. The van der Waals surface area contributed by atoms with Crippen molar-refractivity contribution in [2.45, 2.75) is 19.3 Å². The van der Waals surface area contributed by atoms with Gasteiger partial charge in [-0.25, -0.2) is 0 Å². The Morgan fingerprint density at radius 3 is 1.50 bits per heavy atom. The van der Waals surface area contributed by atoms with Gasteiger partial charge in [-0.3, -0.25) is 0 Å². The van der Waals surface area contributed by atoms with E-state index in [0.29, 0.717) is 0 Å². The second-order valence-corrected chi connectivity index (χ2v) is 17.1. The molecule has 1 aromatic heterocycles. The topological polar surface area (TPSA) is 13.1 Å². The molecule has 0 radical (unpaired) electrons. The highest BCUT2D eigenvalue weighted by Gasteiger charge is 2.39. The molecule has 1 nitrogen and oxygen atoms in total. The quantitative estimate of drug-likeness (QED) is 0.129. The molecule has 0 bridgehead atoms. The molecule has 0 fully saturated rings. The second-order valence-electron chi connectivity index (χ2n) is 17.1. The molecule has 1 aliphatic rings. The number of hydrogen-bond donors (Lipinski definition) is 0. The standard InChI is InChI=1S/C59H38O/c1-59(2)51-31-28-36-13-3-4-14-40(36)56(51)57-43-17-6-5-15-41(43)49-33-38(27-30-48(49)58(57)59)35-23-25-37(26-24-35)54-44-18-7-9-20-46(44)55(47-21-10-8-19-45(47)54)39-29-32-53-50(34-39)42-16-11-12-22-52(42)60-53/h3-34H,1-2H3. The normalized spacial score (nSPS) is 13.3. The van der Waals surface area contributed by atoms with E-state index in [9.17, 15) is 0 Å². The lowest BCUT2D eigenvalue weighted by Crippen LogP contribution is -2.15. The summed E-state index contributed by atoms with van der Waals surface area (Å²) in [6.45, 7) is 4.82. The van der Waals surface area contributed by atoms with Gasteiger partial charge in [0.25, 0.3) is 0 Å². The van der Waals surface area contributed by atoms with E-state index in [0.717, 1.165) is 21.9 Å². The van der Waals surface area contributed by atoms with E-state index in [1.54, 1.807) is 0 Å². The third kappa shape index (κ3) is 4.58. The Labute approximate surface area is 347 Å². The molecular formula is C59H38O. The van der Waals surface area contributed by atoms with Crippen molar-refractivity contribution in [2.24, 2.45) is 0 Å². The van der Waals surface area contributed by atoms with Gasteiger partial charge in [0, 0.05) is 16.2 Å². The van der Waals surface area contributed by atoms with Crippen LogP contribution in [0.2, 0.25) is 0 Å². The van der Waals surface area contributed by atoms with Gasteiger partial charge < -0.3 is 4.42 Å². The Morgan fingerprint density at radius 2 is 0.800 bits per heavy atom. The highest BCUT2D eigenvalue weighted by atomic mass is 16.3. The van der Waals surface area contributed by atoms with Gasteiger partial charge in [-0.2, -0.15) is 0 Å². The maximum Gasteiger partial charge on any atom is 0.135 e. The van der Waals surface area contributed by atoms with Crippen LogP contribution in [-0.4, -0.2) is 0 Å². The summed E-state index contributed by atoms with van der Waals surface area (Å²) < 4.78 is 6.23. The molecule has 60 heavy (non-hydrogen) atoms. The number of para-hydroxylation sites is 1. The highest BCUT2D eigenvalue weighted by Crippen LogP contribution is 2.57. The highest BCUT2D eigenvalue weighted by molar-refractivity contribution is 6.23. The fourth-order valence-electron chi connectivity index (χ4n) is 10.9. The van der Waals surface area contributed by atoms with Crippen molar-refractivity contribution in [1.82, 2.24) is 0 Å². The van der Waals surface area contributed by atoms with Crippen molar-refractivity contribution in [1.29, 1.82) is 0 Å². The van der Waals surface area contributed by atoms with E-state index >= 15 is 0 Å². The molecule has 12 aromatic rings. The van der Waals surface area contributed by atoms with Gasteiger partial charge in [0.2, 0.25) is 0 Å². The number of benzene rings is 11. The lowest BCUT2D eigenvalue weighted by Gasteiger charge is -2.24. The average Bonchev–Trinajstić information content (AvgIpc) is 3.79. The van der Waals surface area contributed by atoms with Gasteiger partial charge in [-0.05, 0) is 134 Å². The van der Waals surface area contributed by atoms with Crippen molar-refractivity contribution in [3.8, 4) is 44.5 Å². The molecule has 280 valence electrons. The third-order valence-electron chi connectivity index (χ3n) is 13.6. The largest absolute Gasteiger partial charge is 0.456 e. The molecule has 0 N–H and O–H groups in total. The summed E-state index contributed by atoms with van der Waals surface area (Å²) in [6.07, 6.45) is 0. The van der Waals surface area contributed by atoms with Gasteiger partial charge >= 0.3 is 0 Å². The molecule has 0 atom stereocenters. The van der Waals surface area contributed by atoms with Crippen LogP contribution in [0.15, 0.2) is 199 Å². The first-order chi connectivity index (χ1) is 29.5. The molecular weight excluding hydrogens is 725 g/mol. The summed E-state index contributed by atoms with van der Waals surface area (Å²) in [7, 11) is 0. The lowest BCUT2D eigenvalue weighted by atomic mass is 9.79. The molecule has 1 heterocycles. The van der Waals surface area contributed by atoms with Crippen LogP contribution in [0.25, 0.3) is 120 Å². The monoisotopic (exact) mass is 762 g/mol. The SMILES string of the molecule is CC1(C)c2ccc3ccccc3c2-c2c1c1ccc(-c3ccc(-c4c5ccccc5c(-c5ccc6oc7ccccc7c6c5)c5ccccc45)cc3)cc1c1ccccc21. The molecule has 0 spiro atoms. The molecule has 0 saturated carbocycles. The van der Waals surface area contributed by atoms with Crippen LogP contribution in [0, 0.1) is 0 Å². The average molecular weight is 763 g/mol. The number of furan rings is 1. The van der Waals surface area contributed by atoms with Crippen molar-refractivity contribution in [3.05, 3.63) is 205 Å². The van der Waals surface area contributed by atoms with Gasteiger partial charge in [0.05, 0.1) is 0 Å². The van der Waals surface area contributed by atoms with Gasteiger partial charge in [-0.15, -0.1) is 0 Å². The summed E-state index contributed by atoms with van der Waals surface area (Å²) in [4.78, 5) is 0. The Hall–Kier alpha value is -7.48. The molecule has 1 aliphatic carbocycles. The fraction of sp³-hybridized carbons (Fsp3) is 0.0508. The Morgan fingerprint density at radius 1 is 0.300 bits per heavy atom. The molecule has 13 rings (SSSR count). The summed E-state index contributed by atoms with van der Waals surface area (Å²) >= 11 is 0. The van der Waals surface area contributed by atoms with Crippen molar-refractivity contribution in [3.63, 3.8) is 0 Å².